The van der Waals surface area contributed by atoms with Crippen molar-refractivity contribution in [2.24, 2.45) is 0 Å². The number of nitrogens with zero attached hydrogens (tertiary/aromatic N) is 2. The summed E-state index contributed by atoms with van der Waals surface area (Å²) in [6, 6.07) is 36.3. The van der Waals surface area contributed by atoms with Crippen LogP contribution in [0.5, 0.6) is 0 Å². The van der Waals surface area contributed by atoms with Gasteiger partial charge in [-0.3, -0.25) is 5.10 Å². The van der Waals surface area contributed by atoms with Crippen LogP contribution in [0.25, 0.3) is 55.4 Å². The van der Waals surface area contributed by atoms with E-state index in [9.17, 15) is 0 Å². The second-order valence-electron chi connectivity index (χ2n) is 9.67. The van der Waals surface area contributed by atoms with Gasteiger partial charge in [0, 0.05) is 23.0 Å². The Bertz CT molecular complexity index is 1880. The van der Waals surface area contributed by atoms with Gasteiger partial charge >= 0.3 is 0 Å². The number of aromatic nitrogens is 4. The van der Waals surface area contributed by atoms with Crippen LogP contribution >= 0.6 is 0 Å². The molecule has 0 aliphatic rings. The van der Waals surface area contributed by atoms with Crippen molar-refractivity contribution in [1.29, 1.82) is 0 Å². The minimum absolute atomic E-state index is 0.772. The minimum atomic E-state index is 0.772. The summed E-state index contributed by atoms with van der Waals surface area (Å²) in [4.78, 5) is 8.23. The fourth-order valence-corrected chi connectivity index (χ4v) is 5.26. The van der Waals surface area contributed by atoms with Gasteiger partial charge in [0.1, 0.15) is 5.69 Å². The summed E-state index contributed by atoms with van der Waals surface area (Å²) in [5, 5.41) is 15.0. The Morgan fingerprint density at radius 1 is 0.711 bits per heavy atom. The second kappa shape index (κ2) is 9.20. The summed E-state index contributed by atoms with van der Waals surface area (Å²) in [7, 11) is 0. The molecule has 0 amide bonds. The van der Waals surface area contributed by atoms with Crippen molar-refractivity contribution in [1.82, 2.24) is 20.2 Å². The quantitative estimate of drug-likeness (QED) is 0.219. The molecule has 5 aromatic carbocycles. The average Bonchev–Trinajstić information content (AvgIpc) is 3.59. The third-order valence-corrected chi connectivity index (χ3v) is 7.28. The lowest BCUT2D eigenvalue weighted by Crippen LogP contribution is -2.00. The molecule has 5 heteroatoms. The van der Waals surface area contributed by atoms with E-state index < -0.39 is 0 Å². The van der Waals surface area contributed by atoms with Gasteiger partial charge in [-0.25, -0.2) is 4.98 Å². The number of nitrogens with one attached hydrogen (secondary N) is 3. The largest absolute Gasteiger partial charge is 0.380 e. The van der Waals surface area contributed by atoms with Gasteiger partial charge in [0.2, 0.25) is 0 Å². The predicted octanol–water partition coefficient (Wildman–Crippen LogP) is 8.10. The molecular weight excluding hydrogens is 466 g/mol. The van der Waals surface area contributed by atoms with E-state index in [1.54, 1.807) is 0 Å². The van der Waals surface area contributed by atoms with E-state index in [1.807, 2.05) is 24.3 Å². The fraction of sp³-hybridized carbons (Fsp3) is 0.0909. The lowest BCUT2D eigenvalue weighted by Gasteiger charge is -2.15. The molecule has 38 heavy (non-hydrogen) atoms. The first-order chi connectivity index (χ1) is 18.8. The number of imidazole rings is 1. The van der Waals surface area contributed by atoms with E-state index in [0.29, 0.717) is 0 Å². The Balaban J connectivity index is 1.35. The second-order valence-corrected chi connectivity index (χ2v) is 9.67. The molecule has 7 aromatic rings. The number of hydrogen-bond acceptors (Lipinski definition) is 3. The Kier molecular flexibility index (Phi) is 5.40. The number of para-hydroxylation sites is 2. The van der Waals surface area contributed by atoms with Crippen LogP contribution in [-0.4, -0.2) is 20.2 Å². The summed E-state index contributed by atoms with van der Waals surface area (Å²) in [5.41, 5.74) is 9.88. The van der Waals surface area contributed by atoms with Crippen molar-refractivity contribution in [3.63, 3.8) is 0 Å². The molecule has 0 bridgehead atoms. The number of benzene rings is 5. The lowest BCUT2D eigenvalue weighted by molar-refractivity contribution is 1.11. The van der Waals surface area contributed by atoms with E-state index in [-0.39, 0.29) is 0 Å². The molecule has 0 aliphatic heterocycles. The van der Waals surface area contributed by atoms with Crippen molar-refractivity contribution in [2.45, 2.75) is 19.9 Å². The number of rotatable bonds is 6. The maximum absolute atomic E-state index is 4.80. The van der Waals surface area contributed by atoms with Gasteiger partial charge in [0.05, 0.1) is 16.6 Å². The van der Waals surface area contributed by atoms with E-state index in [0.717, 1.165) is 57.7 Å². The van der Waals surface area contributed by atoms with Gasteiger partial charge in [-0.05, 0) is 70.5 Å². The van der Waals surface area contributed by atoms with Crippen LogP contribution in [0.3, 0.4) is 0 Å². The zero-order valence-corrected chi connectivity index (χ0v) is 21.1. The normalized spacial score (nSPS) is 11.5. The maximum Gasteiger partial charge on any atom is 0.159 e. The highest BCUT2D eigenvalue weighted by Gasteiger charge is 2.15. The Hall–Kier alpha value is -4.90. The molecule has 0 unspecified atom stereocenters. The smallest absolute Gasteiger partial charge is 0.159 e. The van der Waals surface area contributed by atoms with Crippen molar-refractivity contribution in [3.05, 3.63) is 114 Å². The molecule has 0 saturated heterocycles. The summed E-state index contributed by atoms with van der Waals surface area (Å²) >= 11 is 0. The van der Waals surface area contributed by atoms with Crippen LogP contribution in [0.15, 0.2) is 103 Å². The van der Waals surface area contributed by atoms with Gasteiger partial charge < -0.3 is 10.3 Å². The van der Waals surface area contributed by atoms with Crippen molar-refractivity contribution < 1.29 is 0 Å². The number of anilines is 1. The molecule has 0 atom stereocenters. The topological polar surface area (TPSA) is 69.4 Å². The number of hydrogen-bond donors (Lipinski definition) is 3. The average molecular weight is 494 g/mol. The summed E-state index contributed by atoms with van der Waals surface area (Å²) in [6.07, 6.45) is 0.966. The molecular formula is C33H27N5. The van der Waals surface area contributed by atoms with Crippen LogP contribution in [0.2, 0.25) is 0 Å². The van der Waals surface area contributed by atoms with E-state index in [2.05, 4.69) is 106 Å². The molecule has 2 aromatic heterocycles. The molecule has 7 rings (SSSR count). The van der Waals surface area contributed by atoms with Gasteiger partial charge in [-0.15, -0.1) is 0 Å². The first-order valence-electron chi connectivity index (χ1n) is 13.0. The third-order valence-electron chi connectivity index (χ3n) is 7.28. The molecule has 0 saturated carbocycles. The summed E-state index contributed by atoms with van der Waals surface area (Å²) < 4.78 is 0. The van der Waals surface area contributed by atoms with E-state index >= 15 is 0 Å². The number of fused-ring (bicyclic) bond motifs is 3. The van der Waals surface area contributed by atoms with Gasteiger partial charge in [-0.2, -0.15) is 5.10 Å². The zero-order chi connectivity index (χ0) is 25.5. The lowest BCUT2D eigenvalue weighted by atomic mass is 9.93. The summed E-state index contributed by atoms with van der Waals surface area (Å²) in [6.45, 7) is 3.00. The number of aryl methyl sites for hydroxylation is 1. The van der Waals surface area contributed by atoms with E-state index in [4.69, 9.17) is 4.98 Å². The molecule has 2 heterocycles. The number of H-pyrrole nitrogens is 2. The molecule has 5 nitrogen and oxygen atoms in total. The highest BCUT2D eigenvalue weighted by molar-refractivity contribution is 6.05. The third kappa shape index (κ3) is 3.89. The summed E-state index contributed by atoms with van der Waals surface area (Å²) in [5.74, 6) is 0.772. The maximum atomic E-state index is 4.80. The fourth-order valence-electron chi connectivity index (χ4n) is 5.26. The van der Waals surface area contributed by atoms with Crippen LogP contribution in [0.4, 0.5) is 5.69 Å². The van der Waals surface area contributed by atoms with Crippen LogP contribution in [0.1, 0.15) is 18.1 Å². The molecule has 0 radical (unpaired) electrons. The van der Waals surface area contributed by atoms with Crippen molar-refractivity contribution in [2.75, 3.05) is 5.32 Å². The standard InChI is InChI=1S/C33H27N5/c1-2-21-17-25(24-11-8-14-28(26(24)18-21)34-20-22-9-4-3-5-10-22)23-15-16-29-27(19-23)32(38-37-29)33-35-30-12-6-7-13-31(30)36-33/h3-19,34H,2,20H2,1H3,(H,35,36)(H,37,38). The molecule has 0 aliphatic carbocycles. The Labute approximate surface area is 220 Å². The minimum Gasteiger partial charge on any atom is -0.380 e. The van der Waals surface area contributed by atoms with Crippen LogP contribution in [-0.2, 0) is 13.0 Å². The SMILES string of the molecule is CCc1cc(-c2ccc3[nH]nc(-c4nc5ccccc5[nH]4)c3c2)c2cccc(NCc3ccccc3)c2c1. The number of aromatic amines is 2. The molecule has 0 spiro atoms. The monoisotopic (exact) mass is 493 g/mol. The molecule has 3 N–H and O–H groups in total. The predicted molar refractivity (Wildman–Crippen MR) is 157 cm³/mol. The zero-order valence-electron chi connectivity index (χ0n) is 21.1. The Morgan fingerprint density at radius 3 is 2.45 bits per heavy atom. The van der Waals surface area contributed by atoms with Gasteiger partial charge in [0.25, 0.3) is 0 Å². The first-order valence-corrected chi connectivity index (χ1v) is 13.0. The molecule has 0 fully saturated rings. The van der Waals surface area contributed by atoms with Gasteiger partial charge in [-0.1, -0.05) is 73.7 Å². The van der Waals surface area contributed by atoms with Crippen molar-refractivity contribution in [3.8, 4) is 22.6 Å². The van der Waals surface area contributed by atoms with Crippen LogP contribution in [0, 0.1) is 0 Å². The highest BCUT2D eigenvalue weighted by Crippen LogP contribution is 2.37. The Morgan fingerprint density at radius 2 is 1.58 bits per heavy atom. The highest BCUT2D eigenvalue weighted by atomic mass is 15.1. The van der Waals surface area contributed by atoms with Crippen molar-refractivity contribution >= 4 is 38.4 Å². The van der Waals surface area contributed by atoms with E-state index in [1.165, 1.54) is 27.5 Å². The molecule has 184 valence electrons. The van der Waals surface area contributed by atoms with Crippen LogP contribution < -0.4 is 5.32 Å². The van der Waals surface area contributed by atoms with Gasteiger partial charge in [0.15, 0.2) is 5.82 Å². The first kappa shape index (κ1) is 22.3.